The van der Waals surface area contributed by atoms with Crippen molar-refractivity contribution in [2.75, 3.05) is 26.2 Å². The number of hydrogen-bond donors (Lipinski definition) is 2. The Labute approximate surface area is 120 Å². The topological polar surface area (TPSA) is 63.2 Å². The first-order valence-corrected chi connectivity index (χ1v) is 7.21. The van der Waals surface area contributed by atoms with Crippen molar-refractivity contribution in [1.29, 1.82) is 0 Å². The van der Waals surface area contributed by atoms with Gasteiger partial charge in [0.25, 0.3) is 5.91 Å². The third-order valence-corrected chi connectivity index (χ3v) is 3.50. The van der Waals surface area contributed by atoms with Crippen molar-refractivity contribution in [3.63, 3.8) is 0 Å². The molecule has 110 valence electrons. The van der Waals surface area contributed by atoms with E-state index in [0.717, 1.165) is 37.3 Å². The largest absolute Gasteiger partial charge is 0.376 e. The normalized spacial score (nSPS) is 16.1. The first kappa shape index (κ1) is 14.9. The van der Waals surface area contributed by atoms with Gasteiger partial charge in [0, 0.05) is 12.2 Å². The fraction of sp³-hybridized carbons (Fsp3) is 0.600. The zero-order valence-corrected chi connectivity index (χ0v) is 12.2. The Kier molecular flexibility index (Phi) is 5.49. The summed E-state index contributed by atoms with van der Waals surface area (Å²) in [6, 6.07) is 3.67. The summed E-state index contributed by atoms with van der Waals surface area (Å²) in [6.07, 6.45) is 2.43. The van der Waals surface area contributed by atoms with Crippen LogP contribution in [-0.2, 0) is 4.74 Å². The van der Waals surface area contributed by atoms with Crippen molar-refractivity contribution in [2.45, 2.75) is 32.8 Å². The monoisotopic (exact) mass is 277 g/mol. The van der Waals surface area contributed by atoms with Gasteiger partial charge in [-0.15, -0.1) is 0 Å². The lowest BCUT2D eigenvalue weighted by Crippen LogP contribution is -2.35. The molecule has 20 heavy (non-hydrogen) atoms. The molecular weight excluding hydrogens is 254 g/mol. The number of rotatable bonds is 5. The number of aryl methyl sites for hydroxylation is 2. The van der Waals surface area contributed by atoms with Crippen molar-refractivity contribution in [2.24, 2.45) is 0 Å². The maximum Gasteiger partial charge on any atom is 0.253 e. The Morgan fingerprint density at radius 1 is 1.40 bits per heavy atom. The number of nitrogens with zero attached hydrogens (tertiary/aromatic N) is 1. The molecule has 1 aromatic rings. The van der Waals surface area contributed by atoms with Crippen molar-refractivity contribution in [3.8, 4) is 0 Å². The van der Waals surface area contributed by atoms with E-state index >= 15 is 0 Å². The van der Waals surface area contributed by atoms with Gasteiger partial charge in [-0.2, -0.15) is 0 Å². The number of ether oxygens (including phenoxy) is 1. The molecule has 2 rings (SSSR count). The molecule has 0 radical (unpaired) electrons. The summed E-state index contributed by atoms with van der Waals surface area (Å²) in [5.41, 5.74) is 2.33. The molecule has 1 saturated heterocycles. The van der Waals surface area contributed by atoms with Crippen LogP contribution in [0, 0.1) is 13.8 Å². The van der Waals surface area contributed by atoms with E-state index in [9.17, 15) is 4.79 Å². The lowest BCUT2D eigenvalue weighted by Gasteiger charge is -2.22. The molecule has 1 aliphatic rings. The second-order valence-corrected chi connectivity index (χ2v) is 5.16. The molecule has 5 nitrogen and oxygen atoms in total. The van der Waals surface area contributed by atoms with E-state index in [-0.39, 0.29) is 5.91 Å². The second kappa shape index (κ2) is 7.36. The van der Waals surface area contributed by atoms with Gasteiger partial charge in [-0.1, -0.05) is 0 Å². The number of piperidine rings is 1. The van der Waals surface area contributed by atoms with Crippen LogP contribution < -0.4 is 10.6 Å². The minimum Gasteiger partial charge on any atom is -0.376 e. The number of amides is 1. The molecule has 0 bridgehead atoms. The minimum atomic E-state index is -0.0797. The van der Waals surface area contributed by atoms with Crippen LogP contribution in [0.5, 0.6) is 0 Å². The molecule has 1 amide bonds. The van der Waals surface area contributed by atoms with Gasteiger partial charge in [0.05, 0.1) is 24.0 Å². The number of pyridine rings is 1. The molecule has 0 saturated carbocycles. The smallest absolute Gasteiger partial charge is 0.253 e. The number of nitrogens with one attached hydrogen (secondary N) is 2. The highest BCUT2D eigenvalue weighted by atomic mass is 16.5. The minimum absolute atomic E-state index is 0.0797. The molecule has 1 aliphatic heterocycles. The number of hydrogen-bond acceptors (Lipinski definition) is 4. The van der Waals surface area contributed by atoms with E-state index in [1.165, 1.54) is 0 Å². The van der Waals surface area contributed by atoms with E-state index in [1.54, 1.807) is 0 Å². The Bertz CT molecular complexity index is 456. The molecule has 5 heteroatoms. The van der Waals surface area contributed by atoms with Crippen molar-refractivity contribution < 1.29 is 9.53 Å². The third-order valence-electron chi connectivity index (χ3n) is 3.50. The molecule has 0 spiro atoms. The highest BCUT2D eigenvalue weighted by Gasteiger charge is 2.13. The van der Waals surface area contributed by atoms with Gasteiger partial charge < -0.3 is 15.4 Å². The Balaban J connectivity index is 1.72. The quantitative estimate of drug-likeness (QED) is 0.794. The van der Waals surface area contributed by atoms with Gasteiger partial charge >= 0.3 is 0 Å². The van der Waals surface area contributed by atoms with Crippen LogP contribution >= 0.6 is 0 Å². The van der Waals surface area contributed by atoms with Crippen LogP contribution in [0.4, 0.5) is 0 Å². The van der Waals surface area contributed by atoms with Crippen LogP contribution in [0.2, 0.25) is 0 Å². The molecule has 2 N–H and O–H groups in total. The zero-order chi connectivity index (χ0) is 14.4. The summed E-state index contributed by atoms with van der Waals surface area (Å²) < 4.78 is 5.75. The Hall–Kier alpha value is -1.46. The summed E-state index contributed by atoms with van der Waals surface area (Å²) in [5, 5.41) is 6.18. The highest BCUT2D eigenvalue weighted by Crippen LogP contribution is 2.07. The second-order valence-electron chi connectivity index (χ2n) is 5.16. The van der Waals surface area contributed by atoms with E-state index in [1.807, 2.05) is 26.0 Å². The van der Waals surface area contributed by atoms with Crippen LogP contribution in [0.15, 0.2) is 12.1 Å². The maximum absolute atomic E-state index is 12.0. The summed E-state index contributed by atoms with van der Waals surface area (Å²) in [6.45, 7) is 6.91. The number of carbonyl (C=O) groups excluding carboxylic acids is 1. The average molecular weight is 277 g/mol. The van der Waals surface area contributed by atoms with Gasteiger partial charge in [-0.3, -0.25) is 9.78 Å². The van der Waals surface area contributed by atoms with Gasteiger partial charge in [-0.25, -0.2) is 0 Å². The van der Waals surface area contributed by atoms with Gasteiger partial charge in [-0.05, 0) is 51.9 Å². The molecule has 0 unspecified atom stereocenters. The molecule has 0 atom stereocenters. The van der Waals surface area contributed by atoms with Crippen molar-refractivity contribution >= 4 is 5.91 Å². The predicted octanol–water partition coefficient (Wildman–Crippen LogP) is 1.20. The molecule has 1 fully saturated rings. The summed E-state index contributed by atoms with van der Waals surface area (Å²) in [7, 11) is 0. The SMILES string of the molecule is Cc1ccc(C(=O)NCCOC2CCNCC2)c(C)n1. The number of aromatic nitrogens is 1. The third kappa shape index (κ3) is 4.28. The van der Waals surface area contributed by atoms with Crippen LogP contribution in [0.1, 0.15) is 34.6 Å². The summed E-state index contributed by atoms with van der Waals surface area (Å²) in [5.74, 6) is -0.0797. The molecule has 2 heterocycles. The fourth-order valence-corrected chi connectivity index (χ4v) is 2.37. The van der Waals surface area contributed by atoms with E-state index < -0.39 is 0 Å². The maximum atomic E-state index is 12.0. The van der Waals surface area contributed by atoms with Crippen LogP contribution in [0.3, 0.4) is 0 Å². The van der Waals surface area contributed by atoms with E-state index in [4.69, 9.17) is 4.74 Å². The summed E-state index contributed by atoms with van der Waals surface area (Å²) in [4.78, 5) is 16.3. The van der Waals surface area contributed by atoms with E-state index in [2.05, 4.69) is 15.6 Å². The first-order chi connectivity index (χ1) is 9.66. The van der Waals surface area contributed by atoms with Gasteiger partial charge in [0.2, 0.25) is 0 Å². The molecule has 1 aromatic heterocycles. The lowest BCUT2D eigenvalue weighted by atomic mass is 10.1. The summed E-state index contributed by atoms with van der Waals surface area (Å²) >= 11 is 0. The standard InChI is InChI=1S/C15H23N3O2/c1-11-3-4-14(12(2)18-11)15(19)17-9-10-20-13-5-7-16-8-6-13/h3-4,13,16H,5-10H2,1-2H3,(H,17,19). The van der Waals surface area contributed by atoms with Crippen LogP contribution in [0.25, 0.3) is 0 Å². The van der Waals surface area contributed by atoms with Crippen molar-refractivity contribution in [3.05, 3.63) is 29.1 Å². The lowest BCUT2D eigenvalue weighted by molar-refractivity contribution is 0.0343. The Morgan fingerprint density at radius 2 is 2.15 bits per heavy atom. The van der Waals surface area contributed by atoms with E-state index in [0.29, 0.717) is 24.8 Å². The molecular formula is C15H23N3O2. The average Bonchev–Trinajstić information content (AvgIpc) is 2.44. The van der Waals surface area contributed by atoms with Gasteiger partial charge in [0.1, 0.15) is 0 Å². The zero-order valence-electron chi connectivity index (χ0n) is 12.2. The molecule has 0 aliphatic carbocycles. The van der Waals surface area contributed by atoms with Gasteiger partial charge in [0.15, 0.2) is 0 Å². The van der Waals surface area contributed by atoms with Crippen molar-refractivity contribution in [1.82, 2.24) is 15.6 Å². The predicted molar refractivity (Wildman–Crippen MR) is 77.9 cm³/mol. The fourth-order valence-electron chi connectivity index (χ4n) is 2.37. The first-order valence-electron chi connectivity index (χ1n) is 7.21. The number of carbonyl (C=O) groups is 1. The Morgan fingerprint density at radius 3 is 2.85 bits per heavy atom. The molecule has 0 aromatic carbocycles. The highest BCUT2D eigenvalue weighted by molar-refractivity contribution is 5.95. The van der Waals surface area contributed by atoms with Crippen LogP contribution in [-0.4, -0.2) is 43.2 Å².